The molecule has 2 fully saturated rings. The Morgan fingerprint density at radius 2 is 1.79 bits per heavy atom. The maximum atomic E-state index is 12.8. The number of aliphatic carboxylic acids is 1. The Kier molecular flexibility index (Phi) is 7.28. The quantitative estimate of drug-likeness (QED) is 0.702. The Bertz CT molecular complexity index is 1070. The van der Waals surface area contributed by atoms with Crippen molar-refractivity contribution >= 4 is 17.8 Å². The molecule has 4 rings (SSSR count). The van der Waals surface area contributed by atoms with Gasteiger partial charge in [-0.15, -0.1) is 0 Å². The van der Waals surface area contributed by atoms with E-state index in [9.17, 15) is 22.8 Å². The first-order valence-electron chi connectivity index (χ1n) is 10.8. The molecule has 1 aliphatic carbocycles. The second-order valence-corrected chi connectivity index (χ2v) is 8.77. The molecule has 1 aromatic heterocycles. The van der Waals surface area contributed by atoms with Gasteiger partial charge in [0, 0.05) is 48.9 Å². The van der Waals surface area contributed by atoms with E-state index in [1.807, 2.05) is 49.1 Å². The van der Waals surface area contributed by atoms with Crippen molar-refractivity contribution in [2.75, 3.05) is 13.1 Å². The lowest BCUT2D eigenvalue weighted by molar-refractivity contribution is -0.192. The summed E-state index contributed by atoms with van der Waals surface area (Å²) in [5.74, 6) is -2.55. The van der Waals surface area contributed by atoms with Crippen molar-refractivity contribution in [1.82, 2.24) is 15.2 Å². The van der Waals surface area contributed by atoms with Crippen LogP contribution in [0, 0.1) is 25.2 Å². The number of aryl methyl sites for hydroxylation is 2. The second-order valence-electron chi connectivity index (χ2n) is 8.77. The lowest BCUT2D eigenvalue weighted by Crippen LogP contribution is -2.31. The van der Waals surface area contributed by atoms with Gasteiger partial charge in [0.15, 0.2) is 0 Å². The molecule has 0 radical (unpaired) electrons. The number of carbonyl (C=O) groups is 3. The summed E-state index contributed by atoms with van der Waals surface area (Å²) >= 11 is 0. The van der Waals surface area contributed by atoms with Crippen LogP contribution >= 0.6 is 0 Å². The highest BCUT2D eigenvalue weighted by molar-refractivity contribution is 5.95. The summed E-state index contributed by atoms with van der Waals surface area (Å²) in [7, 11) is 0. The molecule has 10 heteroatoms. The molecule has 1 aromatic carbocycles. The monoisotopic (exact) mass is 477 g/mol. The average molecular weight is 477 g/mol. The largest absolute Gasteiger partial charge is 0.490 e. The van der Waals surface area contributed by atoms with Crippen molar-refractivity contribution in [2.45, 2.75) is 39.4 Å². The smallest absolute Gasteiger partial charge is 0.475 e. The second kappa shape index (κ2) is 9.82. The molecule has 2 atom stereocenters. The maximum absolute atomic E-state index is 12.8. The highest BCUT2D eigenvalue weighted by Gasteiger charge is 2.61. The molecule has 2 heterocycles. The first-order chi connectivity index (χ1) is 15.9. The van der Waals surface area contributed by atoms with Gasteiger partial charge in [-0.05, 0) is 67.6 Å². The molecule has 2 amide bonds. The fourth-order valence-electron chi connectivity index (χ4n) is 4.11. The average Bonchev–Trinajstić information content (AvgIpc) is 3.33. The number of carboxylic acid groups (broad SMARTS) is 1. The molecule has 1 aliphatic heterocycles. The molecule has 1 spiro atoms. The SMILES string of the molecule is Cc1ccc(C(=O)N2CCC3(CC3C(=O)NCc3ccncc3)C2)cc1C.O=C(O)C(F)(F)F. The third kappa shape index (κ3) is 5.92. The van der Waals surface area contributed by atoms with Gasteiger partial charge in [-0.2, -0.15) is 13.2 Å². The van der Waals surface area contributed by atoms with Crippen LogP contribution in [0.4, 0.5) is 13.2 Å². The molecule has 34 heavy (non-hydrogen) atoms. The van der Waals surface area contributed by atoms with Crippen LogP contribution < -0.4 is 5.32 Å². The van der Waals surface area contributed by atoms with Crippen molar-refractivity contribution in [2.24, 2.45) is 11.3 Å². The van der Waals surface area contributed by atoms with Crippen molar-refractivity contribution in [3.8, 4) is 0 Å². The van der Waals surface area contributed by atoms with Gasteiger partial charge in [0.05, 0.1) is 0 Å². The number of hydrogen-bond donors (Lipinski definition) is 2. The topological polar surface area (TPSA) is 99.6 Å². The van der Waals surface area contributed by atoms with Crippen molar-refractivity contribution in [1.29, 1.82) is 0 Å². The van der Waals surface area contributed by atoms with E-state index in [0.717, 1.165) is 36.1 Å². The molecular weight excluding hydrogens is 451 g/mol. The Labute approximate surface area is 195 Å². The van der Waals surface area contributed by atoms with Gasteiger partial charge in [0.1, 0.15) is 0 Å². The summed E-state index contributed by atoms with van der Waals surface area (Å²) in [6.45, 7) is 6.03. The zero-order valence-electron chi connectivity index (χ0n) is 18.9. The minimum Gasteiger partial charge on any atom is -0.475 e. The Hall–Kier alpha value is -3.43. The predicted molar refractivity (Wildman–Crippen MR) is 117 cm³/mol. The number of benzene rings is 1. The van der Waals surface area contributed by atoms with Crippen LogP contribution in [0.3, 0.4) is 0 Å². The minimum atomic E-state index is -5.08. The van der Waals surface area contributed by atoms with Crippen LogP contribution in [0.25, 0.3) is 0 Å². The van der Waals surface area contributed by atoms with Gasteiger partial charge in [-0.25, -0.2) is 4.79 Å². The lowest BCUT2D eigenvalue weighted by Gasteiger charge is -2.17. The van der Waals surface area contributed by atoms with Crippen LogP contribution in [0.2, 0.25) is 0 Å². The normalized spacial score (nSPS) is 21.0. The number of rotatable bonds is 4. The molecular formula is C24H26F3N3O4. The van der Waals surface area contributed by atoms with Gasteiger partial charge < -0.3 is 15.3 Å². The van der Waals surface area contributed by atoms with Crippen LogP contribution in [-0.4, -0.2) is 52.0 Å². The molecule has 182 valence electrons. The highest BCUT2D eigenvalue weighted by atomic mass is 19.4. The maximum Gasteiger partial charge on any atom is 0.490 e. The molecule has 1 saturated heterocycles. The number of pyridine rings is 1. The van der Waals surface area contributed by atoms with Crippen molar-refractivity contribution in [3.63, 3.8) is 0 Å². The molecule has 1 saturated carbocycles. The minimum absolute atomic E-state index is 0.0161. The van der Waals surface area contributed by atoms with Crippen molar-refractivity contribution < 1.29 is 32.7 Å². The summed E-state index contributed by atoms with van der Waals surface area (Å²) in [5, 5.41) is 10.2. The van der Waals surface area contributed by atoms with Crippen molar-refractivity contribution in [3.05, 3.63) is 65.0 Å². The lowest BCUT2D eigenvalue weighted by atomic mass is 10.0. The third-order valence-corrected chi connectivity index (χ3v) is 6.39. The fraction of sp³-hybridized carbons (Fsp3) is 0.417. The number of amides is 2. The first kappa shape index (κ1) is 25.2. The van der Waals surface area contributed by atoms with Crippen LogP contribution in [0.15, 0.2) is 42.7 Å². The van der Waals surface area contributed by atoms with E-state index in [1.54, 1.807) is 12.4 Å². The first-order valence-corrected chi connectivity index (χ1v) is 10.8. The van der Waals surface area contributed by atoms with Crippen LogP contribution in [0.1, 0.15) is 39.9 Å². The molecule has 2 aromatic rings. The standard InChI is InChI=1S/C22H25N3O2.C2HF3O2/c1-15-3-4-18(11-16(15)2)21(27)25-10-7-22(14-25)12-19(22)20(26)24-13-17-5-8-23-9-6-17;3-2(4,5)1(6)7/h3-6,8-9,11,19H,7,10,12-14H2,1-2H3,(H,24,26);(H,6,7). The summed E-state index contributed by atoms with van der Waals surface area (Å²) < 4.78 is 31.7. The van der Waals surface area contributed by atoms with E-state index < -0.39 is 12.1 Å². The number of carboxylic acids is 1. The Morgan fingerprint density at radius 1 is 1.15 bits per heavy atom. The highest BCUT2D eigenvalue weighted by Crippen LogP contribution is 2.58. The predicted octanol–water partition coefficient (Wildman–Crippen LogP) is 3.50. The number of nitrogens with zero attached hydrogens (tertiary/aromatic N) is 2. The van der Waals surface area contributed by atoms with E-state index in [-0.39, 0.29) is 23.1 Å². The summed E-state index contributed by atoms with van der Waals surface area (Å²) in [6.07, 6.45) is 0.170. The Morgan fingerprint density at radius 3 is 2.38 bits per heavy atom. The molecule has 2 unspecified atom stereocenters. The number of halogens is 3. The van der Waals surface area contributed by atoms with Crippen LogP contribution in [-0.2, 0) is 16.1 Å². The van der Waals surface area contributed by atoms with E-state index >= 15 is 0 Å². The third-order valence-electron chi connectivity index (χ3n) is 6.39. The Balaban J connectivity index is 0.000000406. The van der Waals surface area contributed by atoms with Gasteiger partial charge in [0.25, 0.3) is 5.91 Å². The summed E-state index contributed by atoms with van der Waals surface area (Å²) in [5.41, 5.74) is 4.10. The molecule has 2 aliphatic rings. The summed E-state index contributed by atoms with van der Waals surface area (Å²) in [4.78, 5) is 40.2. The number of nitrogens with one attached hydrogen (secondary N) is 1. The molecule has 0 bridgehead atoms. The molecule has 7 nitrogen and oxygen atoms in total. The zero-order chi connectivity index (χ0) is 25.1. The van der Waals surface area contributed by atoms with E-state index in [1.165, 1.54) is 5.56 Å². The van der Waals surface area contributed by atoms with Gasteiger partial charge in [0.2, 0.25) is 5.91 Å². The van der Waals surface area contributed by atoms with Gasteiger partial charge in [-0.3, -0.25) is 14.6 Å². The van der Waals surface area contributed by atoms with E-state index in [0.29, 0.717) is 13.1 Å². The van der Waals surface area contributed by atoms with Gasteiger partial charge in [-0.1, -0.05) is 6.07 Å². The number of carbonyl (C=O) groups excluding carboxylic acids is 2. The van der Waals surface area contributed by atoms with Gasteiger partial charge >= 0.3 is 12.1 Å². The van der Waals surface area contributed by atoms with Crippen LogP contribution in [0.5, 0.6) is 0 Å². The fourth-order valence-corrected chi connectivity index (χ4v) is 4.11. The van der Waals surface area contributed by atoms with E-state index in [2.05, 4.69) is 10.3 Å². The number of hydrogen-bond acceptors (Lipinski definition) is 4. The number of likely N-dealkylation sites (tertiary alicyclic amines) is 1. The number of alkyl halides is 3. The molecule has 2 N–H and O–H groups in total. The number of aromatic nitrogens is 1. The van der Waals surface area contributed by atoms with E-state index in [4.69, 9.17) is 9.90 Å². The summed E-state index contributed by atoms with van der Waals surface area (Å²) in [6, 6.07) is 9.68. The zero-order valence-corrected chi connectivity index (χ0v) is 18.9.